The second kappa shape index (κ2) is 7.22. The lowest BCUT2D eigenvalue weighted by atomic mass is 10.0. The Labute approximate surface area is 168 Å². The molecule has 4 nitrogen and oxygen atoms in total. The zero-order valence-corrected chi connectivity index (χ0v) is 15.3. The summed E-state index contributed by atoms with van der Waals surface area (Å²) in [6.07, 6.45) is -1.71. The highest BCUT2D eigenvalue weighted by Crippen LogP contribution is 2.37. The molecule has 0 fully saturated rings. The van der Waals surface area contributed by atoms with Gasteiger partial charge in [-0.1, -0.05) is 18.2 Å². The molecule has 0 spiro atoms. The molecule has 2 heterocycles. The lowest BCUT2D eigenvalue weighted by Gasteiger charge is -2.13. The fraction of sp³-hybridized carbons (Fsp3) is 0.0455. The quantitative estimate of drug-likeness (QED) is 0.334. The number of hydrogen-bond donors (Lipinski definition) is 2. The number of imidazole rings is 1. The van der Waals surface area contributed by atoms with E-state index in [-0.39, 0.29) is 22.7 Å². The molecule has 0 aliphatic rings. The van der Waals surface area contributed by atoms with Crippen molar-refractivity contribution in [2.24, 2.45) is 0 Å². The first-order valence-electron chi connectivity index (χ1n) is 8.83. The van der Waals surface area contributed by atoms with E-state index < -0.39 is 17.6 Å². The van der Waals surface area contributed by atoms with E-state index >= 15 is 0 Å². The summed E-state index contributed by atoms with van der Waals surface area (Å²) >= 11 is 0. The Morgan fingerprint density at radius 1 is 0.833 bits per heavy atom. The normalized spacial score (nSPS) is 11.6. The Balaban J connectivity index is 1.79. The van der Waals surface area contributed by atoms with E-state index in [1.165, 1.54) is 59.3 Å². The van der Waals surface area contributed by atoms with Gasteiger partial charge in [0.1, 0.15) is 11.5 Å². The molecule has 4 rings (SSSR count). The molecule has 30 heavy (non-hydrogen) atoms. The van der Waals surface area contributed by atoms with Gasteiger partial charge in [0.2, 0.25) is 0 Å². The minimum atomic E-state index is -4.53. The minimum Gasteiger partial charge on any atom is -0.299 e. The maximum atomic E-state index is 13.5. The molecule has 2 aromatic heterocycles. The third-order valence-corrected chi connectivity index (χ3v) is 4.69. The first-order valence-corrected chi connectivity index (χ1v) is 8.83. The first kappa shape index (κ1) is 19.5. The Morgan fingerprint density at radius 3 is 2.17 bits per heavy atom. The Hall–Kier alpha value is -3.81. The molecule has 0 saturated carbocycles. The van der Waals surface area contributed by atoms with Crippen molar-refractivity contribution in [1.29, 1.82) is 10.8 Å². The number of alkyl halides is 3. The number of nitrogens with zero attached hydrogens (tertiary/aromatic N) is 2. The van der Waals surface area contributed by atoms with Crippen molar-refractivity contribution in [3.63, 3.8) is 0 Å². The SMILES string of the molecule is N=C(C(=N)c1ccc2ncc(-c3ccccc3C(F)(F)F)n2c1)c1ccc(F)cc1. The second-order valence-corrected chi connectivity index (χ2v) is 6.59. The number of rotatable bonds is 4. The van der Waals surface area contributed by atoms with E-state index in [2.05, 4.69) is 4.98 Å². The molecular weight excluding hydrogens is 396 g/mol. The van der Waals surface area contributed by atoms with E-state index in [1.807, 2.05) is 0 Å². The average Bonchev–Trinajstić information content (AvgIpc) is 3.15. The second-order valence-electron chi connectivity index (χ2n) is 6.59. The van der Waals surface area contributed by atoms with Crippen molar-refractivity contribution in [2.45, 2.75) is 6.18 Å². The third kappa shape index (κ3) is 3.47. The third-order valence-electron chi connectivity index (χ3n) is 4.69. The van der Waals surface area contributed by atoms with Gasteiger partial charge in [0.05, 0.1) is 28.9 Å². The molecule has 150 valence electrons. The van der Waals surface area contributed by atoms with Gasteiger partial charge in [-0.05, 0) is 42.5 Å². The van der Waals surface area contributed by atoms with E-state index in [4.69, 9.17) is 10.8 Å². The molecule has 2 aromatic carbocycles. The topological polar surface area (TPSA) is 65.0 Å². The van der Waals surface area contributed by atoms with Gasteiger partial charge in [-0.3, -0.25) is 15.2 Å². The standard InChI is InChI=1S/C22H14F4N4/c23-15-8-5-13(6-9-15)20(27)21(28)14-7-10-19-29-11-18(30(19)12-14)16-3-1-2-4-17(16)22(24,25)26/h1-12,27-28H. The first-order chi connectivity index (χ1) is 14.3. The molecule has 2 N–H and O–H groups in total. The van der Waals surface area contributed by atoms with Gasteiger partial charge in [-0.2, -0.15) is 13.2 Å². The number of halogens is 4. The van der Waals surface area contributed by atoms with Crippen LogP contribution in [0.3, 0.4) is 0 Å². The van der Waals surface area contributed by atoms with Crippen LogP contribution in [0.2, 0.25) is 0 Å². The fourth-order valence-electron chi connectivity index (χ4n) is 3.19. The molecule has 0 atom stereocenters. The zero-order valence-electron chi connectivity index (χ0n) is 15.3. The van der Waals surface area contributed by atoms with Crippen LogP contribution < -0.4 is 0 Å². The molecule has 0 saturated heterocycles. The van der Waals surface area contributed by atoms with Crippen LogP contribution in [0, 0.1) is 16.6 Å². The van der Waals surface area contributed by atoms with Crippen molar-refractivity contribution in [3.05, 3.63) is 95.6 Å². The van der Waals surface area contributed by atoms with Crippen LogP contribution in [-0.2, 0) is 6.18 Å². The van der Waals surface area contributed by atoms with Crippen molar-refractivity contribution in [2.75, 3.05) is 0 Å². The van der Waals surface area contributed by atoms with Gasteiger partial charge in [-0.15, -0.1) is 0 Å². The predicted molar refractivity (Wildman–Crippen MR) is 106 cm³/mol. The summed E-state index contributed by atoms with van der Waals surface area (Å²) in [6.45, 7) is 0. The van der Waals surface area contributed by atoms with E-state index in [1.54, 1.807) is 12.1 Å². The van der Waals surface area contributed by atoms with Crippen molar-refractivity contribution in [3.8, 4) is 11.3 Å². The Bertz CT molecular complexity index is 1270. The van der Waals surface area contributed by atoms with Crippen LogP contribution in [0.25, 0.3) is 16.9 Å². The van der Waals surface area contributed by atoms with Crippen LogP contribution in [0.4, 0.5) is 17.6 Å². The van der Waals surface area contributed by atoms with Gasteiger partial charge < -0.3 is 0 Å². The molecule has 0 aliphatic heterocycles. The highest BCUT2D eigenvalue weighted by atomic mass is 19.4. The molecule has 0 bridgehead atoms. The summed E-state index contributed by atoms with van der Waals surface area (Å²) in [6, 6.07) is 13.5. The van der Waals surface area contributed by atoms with E-state index in [0.29, 0.717) is 16.8 Å². The summed E-state index contributed by atoms with van der Waals surface area (Å²) in [5, 5.41) is 16.6. The summed E-state index contributed by atoms with van der Waals surface area (Å²) < 4.78 is 54.9. The predicted octanol–water partition coefficient (Wildman–Crippen LogP) is 5.60. The molecule has 0 aliphatic carbocycles. The molecule has 0 unspecified atom stereocenters. The van der Waals surface area contributed by atoms with E-state index in [0.717, 1.165) is 6.07 Å². The van der Waals surface area contributed by atoms with Gasteiger partial charge >= 0.3 is 6.18 Å². The van der Waals surface area contributed by atoms with Crippen molar-refractivity contribution >= 4 is 17.1 Å². The molecule has 0 radical (unpaired) electrons. The van der Waals surface area contributed by atoms with Gasteiger partial charge in [0, 0.05) is 22.9 Å². The summed E-state index contributed by atoms with van der Waals surface area (Å²) in [5.41, 5.74) is 0.211. The fourth-order valence-corrected chi connectivity index (χ4v) is 3.19. The number of aromatic nitrogens is 2. The lowest BCUT2D eigenvalue weighted by Crippen LogP contribution is -2.15. The zero-order chi connectivity index (χ0) is 21.5. The van der Waals surface area contributed by atoms with Crippen molar-refractivity contribution < 1.29 is 17.6 Å². The van der Waals surface area contributed by atoms with Crippen LogP contribution in [0.1, 0.15) is 16.7 Å². The number of nitrogens with one attached hydrogen (secondary N) is 2. The van der Waals surface area contributed by atoms with Gasteiger partial charge in [-0.25, -0.2) is 9.37 Å². The highest BCUT2D eigenvalue weighted by Gasteiger charge is 2.34. The van der Waals surface area contributed by atoms with Crippen molar-refractivity contribution in [1.82, 2.24) is 9.38 Å². The summed E-state index contributed by atoms with van der Waals surface area (Å²) in [4.78, 5) is 4.16. The molecule has 8 heteroatoms. The average molecular weight is 410 g/mol. The number of fused-ring (bicyclic) bond motifs is 1. The molecule has 4 aromatic rings. The van der Waals surface area contributed by atoms with Gasteiger partial charge in [0.15, 0.2) is 0 Å². The van der Waals surface area contributed by atoms with Gasteiger partial charge in [0.25, 0.3) is 0 Å². The highest BCUT2D eigenvalue weighted by molar-refractivity contribution is 6.51. The van der Waals surface area contributed by atoms with E-state index in [9.17, 15) is 17.6 Å². The molecule has 0 amide bonds. The Morgan fingerprint density at radius 2 is 1.47 bits per heavy atom. The van der Waals surface area contributed by atoms with Crippen LogP contribution >= 0.6 is 0 Å². The van der Waals surface area contributed by atoms with Crippen LogP contribution in [0.15, 0.2) is 73.1 Å². The minimum absolute atomic E-state index is 0.0326. The Kier molecular flexibility index (Phi) is 4.69. The number of benzene rings is 2. The van der Waals surface area contributed by atoms with Crippen LogP contribution in [0.5, 0.6) is 0 Å². The lowest BCUT2D eigenvalue weighted by molar-refractivity contribution is -0.137. The number of pyridine rings is 1. The maximum absolute atomic E-state index is 13.5. The largest absolute Gasteiger partial charge is 0.417 e. The smallest absolute Gasteiger partial charge is 0.299 e. The molecular formula is C22H14F4N4. The summed E-state index contributed by atoms with van der Waals surface area (Å²) in [7, 11) is 0. The maximum Gasteiger partial charge on any atom is 0.417 e. The number of hydrogen-bond acceptors (Lipinski definition) is 3. The monoisotopic (exact) mass is 410 g/mol. The summed E-state index contributed by atoms with van der Waals surface area (Å²) in [5.74, 6) is -0.453. The van der Waals surface area contributed by atoms with Crippen LogP contribution in [-0.4, -0.2) is 20.8 Å².